The van der Waals surface area contributed by atoms with Crippen molar-refractivity contribution in [2.45, 2.75) is 12.6 Å². The van der Waals surface area contributed by atoms with Gasteiger partial charge in [-0.25, -0.2) is 9.37 Å². The Morgan fingerprint density at radius 3 is 2.55 bits per heavy atom. The van der Waals surface area contributed by atoms with E-state index < -0.39 is 0 Å². The summed E-state index contributed by atoms with van der Waals surface area (Å²) in [7, 11) is 1.74. The van der Waals surface area contributed by atoms with Gasteiger partial charge >= 0.3 is 0 Å². The molecule has 0 bridgehead atoms. The molecule has 1 aliphatic rings. The van der Waals surface area contributed by atoms with E-state index in [0.29, 0.717) is 32.3 Å². The molecule has 0 radical (unpaired) electrons. The van der Waals surface area contributed by atoms with Gasteiger partial charge in [-0.3, -0.25) is 9.89 Å². The lowest BCUT2D eigenvalue weighted by molar-refractivity contribution is 0.0170. The summed E-state index contributed by atoms with van der Waals surface area (Å²) >= 11 is 0. The van der Waals surface area contributed by atoms with Crippen LogP contribution in [0.2, 0.25) is 0 Å². The summed E-state index contributed by atoms with van der Waals surface area (Å²) in [6, 6.07) is 16.9. The molecule has 1 aromatic heterocycles. The topological polar surface area (TPSA) is 77.6 Å². The monoisotopic (exact) mass is 564 g/mol. The number of aromatic amines is 1. The summed E-state index contributed by atoms with van der Waals surface area (Å²) in [5, 5.41) is 6.72. The number of nitrogens with zero attached hydrogens (tertiary/aromatic N) is 3. The molecule has 1 atom stereocenters. The van der Waals surface area contributed by atoms with E-state index in [0.717, 1.165) is 35.7 Å². The minimum atomic E-state index is -0.228. The van der Waals surface area contributed by atoms with Crippen LogP contribution >= 0.6 is 24.0 Å². The van der Waals surface area contributed by atoms with Crippen molar-refractivity contribution in [2.24, 2.45) is 4.99 Å². The van der Waals surface area contributed by atoms with Gasteiger partial charge in [-0.1, -0.05) is 42.5 Å². The Kier molecular flexibility index (Phi) is 9.64. The summed E-state index contributed by atoms with van der Waals surface area (Å²) in [5.74, 6) is 1.28. The lowest BCUT2D eigenvalue weighted by Crippen LogP contribution is -2.46. The highest BCUT2D eigenvalue weighted by atomic mass is 127. The van der Waals surface area contributed by atoms with Crippen molar-refractivity contribution in [3.8, 4) is 11.3 Å². The Bertz CT molecular complexity index is 1010. The van der Waals surface area contributed by atoms with Crippen LogP contribution < -0.4 is 10.6 Å². The number of ether oxygens (including phenoxy) is 1. The quantitative estimate of drug-likeness (QED) is 0.233. The van der Waals surface area contributed by atoms with Crippen LogP contribution in [-0.4, -0.2) is 60.7 Å². The molecule has 0 spiro atoms. The summed E-state index contributed by atoms with van der Waals surface area (Å²) in [5.41, 5.74) is 3.14. The first-order chi connectivity index (χ1) is 15.7. The second kappa shape index (κ2) is 12.7. The average Bonchev–Trinajstić information content (AvgIpc) is 3.32. The van der Waals surface area contributed by atoms with E-state index >= 15 is 0 Å². The van der Waals surface area contributed by atoms with Gasteiger partial charge in [0.1, 0.15) is 11.6 Å². The van der Waals surface area contributed by atoms with Crippen LogP contribution in [0.3, 0.4) is 0 Å². The normalized spacial score (nSPS) is 15.5. The number of aliphatic imine (C=N–C) groups is 1. The molecular weight excluding hydrogens is 534 g/mol. The molecule has 2 heterocycles. The largest absolute Gasteiger partial charge is 0.379 e. The van der Waals surface area contributed by atoms with Gasteiger partial charge in [-0.2, -0.15) is 0 Å². The standard InChI is InChI=1S/C24H29FN6O.HI/c1-26-24(29-17-23-27-15-21(30-23)18-5-3-2-4-6-18)28-16-22(31-11-13-32-14-12-31)19-7-9-20(25)10-8-19;/h2-10,15,22H,11-14,16-17H2,1H3,(H,27,30)(H2,26,28,29);1H. The van der Waals surface area contributed by atoms with Crippen molar-refractivity contribution in [1.82, 2.24) is 25.5 Å². The first kappa shape index (κ1) is 25.1. The molecule has 7 nitrogen and oxygen atoms in total. The van der Waals surface area contributed by atoms with Crippen LogP contribution in [0.25, 0.3) is 11.3 Å². The Balaban J connectivity index is 0.00000306. The Morgan fingerprint density at radius 1 is 1.12 bits per heavy atom. The van der Waals surface area contributed by atoms with Crippen molar-refractivity contribution in [1.29, 1.82) is 0 Å². The number of hydrogen-bond acceptors (Lipinski definition) is 4. The third kappa shape index (κ3) is 6.99. The van der Waals surface area contributed by atoms with Crippen LogP contribution in [0.1, 0.15) is 17.4 Å². The van der Waals surface area contributed by atoms with Crippen molar-refractivity contribution < 1.29 is 9.13 Å². The highest BCUT2D eigenvalue weighted by molar-refractivity contribution is 14.0. The maximum absolute atomic E-state index is 13.4. The number of rotatable bonds is 7. The van der Waals surface area contributed by atoms with Gasteiger partial charge in [0.15, 0.2) is 5.96 Å². The average molecular weight is 564 g/mol. The summed E-state index contributed by atoms with van der Waals surface area (Å²) in [6.45, 7) is 4.23. The molecule has 176 valence electrons. The van der Waals surface area contributed by atoms with Gasteiger partial charge in [0.2, 0.25) is 0 Å². The minimum Gasteiger partial charge on any atom is -0.379 e. The van der Waals surface area contributed by atoms with Gasteiger partial charge in [-0.15, -0.1) is 24.0 Å². The molecule has 4 rings (SSSR count). The number of benzene rings is 2. The SMILES string of the molecule is CN=C(NCc1ncc(-c2ccccc2)[nH]1)NCC(c1ccc(F)cc1)N1CCOCC1.I. The fraction of sp³-hybridized carbons (Fsp3) is 0.333. The van der Waals surface area contributed by atoms with Crippen LogP contribution in [0.15, 0.2) is 65.8 Å². The molecule has 1 fully saturated rings. The van der Waals surface area contributed by atoms with E-state index in [1.165, 1.54) is 12.1 Å². The minimum absolute atomic E-state index is 0. The van der Waals surface area contributed by atoms with Gasteiger partial charge in [0.05, 0.1) is 37.7 Å². The predicted molar refractivity (Wildman–Crippen MR) is 139 cm³/mol. The number of morpholine rings is 1. The number of aromatic nitrogens is 2. The third-order valence-electron chi connectivity index (χ3n) is 5.56. The zero-order valence-corrected chi connectivity index (χ0v) is 21.0. The molecule has 9 heteroatoms. The molecule has 1 aliphatic heterocycles. The number of hydrogen-bond donors (Lipinski definition) is 3. The molecular formula is C24H30FIN6O. The Labute approximate surface area is 210 Å². The van der Waals surface area contributed by atoms with Gasteiger partial charge in [0, 0.05) is 26.7 Å². The Morgan fingerprint density at radius 2 is 1.85 bits per heavy atom. The predicted octanol–water partition coefficient (Wildman–Crippen LogP) is 3.57. The fourth-order valence-corrected chi connectivity index (χ4v) is 3.83. The second-order valence-electron chi connectivity index (χ2n) is 7.63. The number of imidazole rings is 1. The smallest absolute Gasteiger partial charge is 0.191 e. The molecule has 2 aromatic carbocycles. The lowest BCUT2D eigenvalue weighted by Gasteiger charge is -2.35. The van der Waals surface area contributed by atoms with Crippen molar-refractivity contribution >= 4 is 29.9 Å². The number of H-pyrrole nitrogens is 1. The van der Waals surface area contributed by atoms with E-state index in [-0.39, 0.29) is 35.8 Å². The molecule has 0 saturated carbocycles. The zero-order chi connectivity index (χ0) is 22.2. The number of nitrogens with one attached hydrogen (secondary N) is 3. The van der Waals surface area contributed by atoms with Gasteiger partial charge < -0.3 is 20.4 Å². The summed E-state index contributed by atoms with van der Waals surface area (Å²) < 4.78 is 18.9. The van der Waals surface area contributed by atoms with Crippen molar-refractivity contribution in [2.75, 3.05) is 39.9 Å². The summed E-state index contributed by atoms with van der Waals surface area (Å²) in [4.78, 5) is 14.5. The highest BCUT2D eigenvalue weighted by Gasteiger charge is 2.23. The van der Waals surface area contributed by atoms with E-state index in [1.807, 2.05) is 48.7 Å². The van der Waals surface area contributed by atoms with E-state index in [4.69, 9.17) is 4.74 Å². The van der Waals surface area contributed by atoms with Crippen molar-refractivity contribution in [3.05, 3.63) is 78.0 Å². The van der Waals surface area contributed by atoms with E-state index in [9.17, 15) is 4.39 Å². The summed E-state index contributed by atoms with van der Waals surface area (Å²) in [6.07, 6.45) is 1.84. The molecule has 1 saturated heterocycles. The molecule has 1 unspecified atom stereocenters. The van der Waals surface area contributed by atoms with Crippen LogP contribution in [-0.2, 0) is 11.3 Å². The van der Waals surface area contributed by atoms with E-state index in [2.05, 4.69) is 30.5 Å². The second-order valence-corrected chi connectivity index (χ2v) is 7.63. The zero-order valence-electron chi connectivity index (χ0n) is 18.6. The molecule has 3 aromatic rings. The molecule has 0 aliphatic carbocycles. The number of halogens is 2. The number of guanidine groups is 1. The molecule has 0 amide bonds. The molecule has 33 heavy (non-hydrogen) atoms. The highest BCUT2D eigenvalue weighted by Crippen LogP contribution is 2.22. The van der Waals surface area contributed by atoms with Gasteiger partial charge in [-0.05, 0) is 23.3 Å². The third-order valence-corrected chi connectivity index (χ3v) is 5.56. The Hall–Kier alpha value is -2.50. The lowest BCUT2D eigenvalue weighted by atomic mass is 10.0. The first-order valence-electron chi connectivity index (χ1n) is 10.8. The van der Waals surface area contributed by atoms with Crippen LogP contribution in [0.5, 0.6) is 0 Å². The van der Waals surface area contributed by atoms with Crippen LogP contribution in [0.4, 0.5) is 4.39 Å². The van der Waals surface area contributed by atoms with Gasteiger partial charge in [0.25, 0.3) is 0 Å². The maximum atomic E-state index is 13.4. The first-order valence-corrected chi connectivity index (χ1v) is 10.8. The van der Waals surface area contributed by atoms with Crippen LogP contribution in [0, 0.1) is 5.82 Å². The maximum Gasteiger partial charge on any atom is 0.191 e. The fourth-order valence-electron chi connectivity index (χ4n) is 3.83. The van der Waals surface area contributed by atoms with E-state index in [1.54, 1.807) is 7.05 Å². The van der Waals surface area contributed by atoms with Crippen molar-refractivity contribution in [3.63, 3.8) is 0 Å². The molecule has 3 N–H and O–H groups in total.